The van der Waals surface area contributed by atoms with Crippen molar-refractivity contribution >= 4 is 34.6 Å². The van der Waals surface area contributed by atoms with Gasteiger partial charge in [0.15, 0.2) is 0 Å². The van der Waals surface area contributed by atoms with Crippen LogP contribution in [0.25, 0.3) is 0 Å². The molecule has 0 aliphatic heterocycles. The number of nitro benzene ring substituents is 1. The van der Waals surface area contributed by atoms with E-state index in [4.69, 9.17) is 11.6 Å². The number of anilines is 2. The zero-order valence-corrected chi connectivity index (χ0v) is 11.9. The molecule has 0 radical (unpaired) electrons. The lowest BCUT2D eigenvalue weighted by Crippen LogP contribution is -2.21. The number of hydrogen-bond donors (Lipinski definition) is 2. The van der Waals surface area contributed by atoms with Gasteiger partial charge in [0.25, 0.3) is 0 Å². The Bertz CT molecular complexity index is 724. The van der Waals surface area contributed by atoms with Crippen molar-refractivity contribution in [2.45, 2.75) is 0 Å². The Labute approximate surface area is 130 Å². The molecule has 0 bridgehead atoms. The van der Waals surface area contributed by atoms with Crippen LogP contribution >= 0.6 is 11.6 Å². The molecule has 2 rings (SSSR count). The van der Waals surface area contributed by atoms with Crippen molar-refractivity contribution in [3.8, 4) is 0 Å². The molecule has 114 valence electrons. The number of hydrogen-bond acceptors (Lipinski definition) is 4. The molecular weight excluding hydrogens is 313 g/mol. The Morgan fingerprint density at radius 1 is 1.23 bits per heavy atom. The molecule has 0 saturated heterocycles. The normalized spacial score (nSPS) is 10.1. The van der Waals surface area contributed by atoms with Crippen LogP contribution in [0.4, 0.5) is 21.5 Å². The summed E-state index contributed by atoms with van der Waals surface area (Å²) >= 11 is 5.80. The van der Waals surface area contributed by atoms with E-state index < -0.39 is 16.4 Å². The van der Waals surface area contributed by atoms with Crippen LogP contribution in [-0.2, 0) is 4.79 Å². The maximum absolute atomic E-state index is 13.2. The topological polar surface area (TPSA) is 84.3 Å². The molecule has 0 aliphatic carbocycles. The van der Waals surface area contributed by atoms with Gasteiger partial charge in [0.05, 0.1) is 11.5 Å². The van der Waals surface area contributed by atoms with Crippen molar-refractivity contribution in [1.29, 1.82) is 0 Å². The average molecular weight is 324 g/mol. The number of nitrogens with one attached hydrogen (secondary N) is 2. The minimum atomic E-state index is -0.932. The SMILES string of the molecule is O=C(CNc1ccc(F)c([N+](=O)[O-])c1)Nc1cccc(Cl)c1. The lowest BCUT2D eigenvalue weighted by molar-refractivity contribution is -0.387. The predicted octanol–water partition coefficient (Wildman–Crippen LogP) is 3.44. The first-order chi connectivity index (χ1) is 10.5. The summed E-state index contributed by atoms with van der Waals surface area (Å²) in [7, 11) is 0. The van der Waals surface area contributed by atoms with E-state index in [1.165, 1.54) is 6.07 Å². The molecule has 0 spiro atoms. The van der Waals surface area contributed by atoms with Crippen molar-refractivity contribution in [2.24, 2.45) is 0 Å². The van der Waals surface area contributed by atoms with E-state index in [9.17, 15) is 19.3 Å². The third-order valence-electron chi connectivity index (χ3n) is 2.70. The second kappa shape index (κ2) is 6.86. The van der Waals surface area contributed by atoms with Crippen molar-refractivity contribution in [1.82, 2.24) is 0 Å². The predicted molar refractivity (Wildman–Crippen MR) is 81.6 cm³/mol. The molecule has 0 aromatic heterocycles. The van der Waals surface area contributed by atoms with E-state index in [-0.39, 0.29) is 18.1 Å². The second-order valence-electron chi connectivity index (χ2n) is 4.34. The summed E-state index contributed by atoms with van der Waals surface area (Å²) in [6.45, 7) is -0.130. The first-order valence-corrected chi connectivity index (χ1v) is 6.57. The minimum Gasteiger partial charge on any atom is -0.376 e. The van der Waals surface area contributed by atoms with Crippen LogP contribution in [0.1, 0.15) is 0 Å². The van der Waals surface area contributed by atoms with Gasteiger partial charge in [-0.2, -0.15) is 4.39 Å². The Kier molecular flexibility index (Phi) is 4.90. The molecule has 0 fully saturated rings. The summed E-state index contributed by atoms with van der Waals surface area (Å²) in [4.78, 5) is 21.6. The number of rotatable bonds is 5. The first-order valence-electron chi connectivity index (χ1n) is 6.19. The van der Waals surface area contributed by atoms with Gasteiger partial charge in [-0.1, -0.05) is 17.7 Å². The summed E-state index contributed by atoms with van der Waals surface area (Å²) in [6, 6.07) is 9.93. The quantitative estimate of drug-likeness (QED) is 0.652. The lowest BCUT2D eigenvalue weighted by atomic mass is 10.2. The Balaban J connectivity index is 1.96. The molecule has 0 unspecified atom stereocenters. The Hall–Kier alpha value is -2.67. The van der Waals surface area contributed by atoms with Crippen LogP contribution in [0.5, 0.6) is 0 Å². The second-order valence-corrected chi connectivity index (χ2v) is 4.77. The first kappa shape index (κ1) is 15.7. The van der Waals surface area contributed by atoms with Crippen LogP contribution < -0.4 is 10.6 Å². The highest BCUT2D eigenvalue weighted by molar-refractivity contribution is 6.30. The van der Waals surface area contributed by atoms with Gasteiger partial charge in [0.1, 0.15) is 0 Å². The van der Waals surface area contributed by atoms with Gasteiger partial charge in [0, 0.05) is 22.5 Å². The smallest absolute Gasteiger partial charge is 0.306 e. The molecule has 22 heavy (non-hydrogen) atoms. The van der Waals surface area contributed by atoms with Crippen molar-refractivity contribution in [3.63, 3.8) is 0 Å². The van der Waals surface area contributed by atoms with Crippen LogP contribution in [0.2, 0.25) is 5.02 Å². The molecule has 1 amide bonds. The lowest BCUT2D eigenvalue weighted by Gasteiger charge is -2.08. The molecule has 2 N–H and O–H groups in total. The number of benzene rings is 2. The molecule has 0 heterocycles. The van der Waals surface area contributed by atoms with Crippen molar-refractivity contribution in [2.75, 3.05) is 17.2 Å². The highest BCUT2D eigenvalue weighted by Crippen LogP contribution is 2.21. The summed E-state index contributed by atoms with van der Waals surface area (Å²) in [5.74, 6) is -1.30. The van der Waals surface area contributed by atoms with Gasteiger partial charge >= 0.3 is 5.69 Å². The monoisotopic (exact) mass is 323 g/mol. The van der Waals surface area contributed by atoms with Gasteiger partial charge in [-0.25, -0.2) is 0 Å². The van der Waals surface area contributed by atoms with Gasteiger partial charge in [0.2, 0.25) is 11.7 Å². The van der Waals surface area contributed by atoms with E-state index in [1.54, 1.807) is 24.3 Å². The number of halogens is 2. The third-order valence-corrected chi connectivity index (χ3v) is 2.94. The minimum absolute atomic E-state index is 0.130. The highest BCUT2D eigenvalue weighted by Gasteiger charge is 2.14. The molecular formula is C14H11ClFN3O3. The molecule has 2 aromatic carbocycles. The van der Waals surface area contributed by atoms with E-state index in [0.717, 1.165) is 12.1 Å². The molecule has 8 heteroatoms. The zero-order chi connectivity index (χ0) is 16.1. The van der Waals surface area contributed by atoms with Gasteiger partial charge in [-0.05, 0) is 30.3 Å². The van der Waals surface area contributed by atoms with Gasteiger partial charge in [-0.3, -0.25) is 14.9 Å². The largest absolute Gasteiger partial charge is 0.376 e. The average Bonchev–Trinajstić information content (AvgIpc) is 2.46. The van der Waals surface area contributed by atoms with Crippen LogP contribution in [0.15, 0.2) is 42.5 Å². The zero-order valence-electron chi connectivity index (χ0n) is 11.2. The van der Waals surface area contributed by atoms with E-state index in [1.807, 2.05) is 0 Å². The standard InChI is InChI=1S/C14H11ClFN3O3/c15-9-2-1-3-11(6-9)18-14(20)8-17-10-4-5-12(16)13(7-10)19(21)22/h1-7,17H,8H2,(H,18,20). The number of carbonyl (C=O) groups excluding carboxylic acids is 1. The fraction of sp³-hybridized carbons (Fsp3) is 0.0714. The summed E-state index contributed by atoms with van der Waals surface area (Å²) in [5, 5.41) is 16.4. The van der Waals surface area contributed by atoms with Gasteiger partial charge in [-0.15, -0.1) is 0 Å². The Morgan fingerprint density at radius 3 is 2.68 bits per heavy atom. The molecule has 0 saturated carbocycles. The summed E-state index contributed by atoms with van der Waals surface area (Å²) in [5.41, 5.74) is 0.152. The fourth-order valence-corrected chi connectivity index (χ4v) is 1.91. The Morgan fingerprint density at radius 2 is 2.00 bits per heavy atom. The number of nitro groups is 1. The number of amides is 1. The van der Waals surface area contributed by atoms with E-state index in [0.29, 0.717) is 10.7 Å². The molecule has 0 aliphatic rings. The summed E-state index contributed by atoms with van der Waals surface area (Å²) in [6.07, 6.45) is 0. The van der Waals surface area contributed by atoms with Crippen LogP contribution in [0, 0.1) is 15.9 Å². The van der Waals surface area contributed by atoms with Gasteiger partial charge < -0.3 is 10.6 Å². The van der Waals surface area contributed by atoms with E-state index in [2.05, 4.69) is 10.6 Å². The molecule has 0 atom stereocenters. The molecule has 6 nitrogen and oxygen atoms in total. The maximum atomic E-state index is 13.2. The number of carbonyl (C=O) groups is 1. The number of nitrogens with zero attached hydrogens (tertiary/aromatic N) is 1. The highest BCUT2D eigenvalue weighted by atomic mass is 35.5. The fourth-order valence-electron chi connectivity index (χ4n) is 1.72. The van der Waals surface area contributed by atoms with Crippen LogP contribution in [0.3, 0.4) is 0 Å². The summed E-state index contributed by atoms with van der Waals surface area (Å²) < 4.78 is 13.2. The van der Waals surface area contributed by atoms with E-state index >= 15 is 0 Å². The van der Waals surface area contributed by atoms with Crippen molar-refractivity contribution in [3.05, 3.63) is 63.4 Å². The molecule has 2 aromatic rings. The van der Waals surface area contributed by atoms with Crippen LogP contribution in [-0.4, -0.2) is 17.4 Å². The van der Waals surface area contributed by atoms with Crippen molar-refractivity contribution < 1.29 is 14.1 Å². The maximum Gasteiger partial charge on any atom is 0.306 e. The third kappa shape index (κ3) is 4.16.